The lowest BCUT2D eigenvalue weighted by atomic mass is 10.3. The third-order valence-corrected chi connectivity index (χ3v) is 1.42. The van der Waals surface area contributed by atoms with Crippen LogP contribution in [0.3, 0.4) is 0 Å². The molecule has 0 fully saturated rings. The molecule has 1 aromatic rings. The topological polar surface area (TPSA) is 82.0 Å². The van der Waals surface area contributed by atoms with E-state index in [9.17, 15) is 23.3 Å². The summed E-state index contributed by atoms with van der Waals surface area (Å²) in [5.74, 6) is -2.27. The summed E-state index contributed by atoms with van der Waals surface area (Å²) in [6.07, 6.45) is -3.15. The summed E-state index contributed by atoms with van der Waals surface area (Å²) in [6, 6.07) is 0.390. The largest absolute Gasteiger partial charge is 0.393 e. The van der Waals surface area contributed by atoms with E-state index >= 15 is 0 Å². The van der Waals surface area contributed by atoms with Gasteiger partial charge in [0.25, 0.3) is 0 Å². The highest BCUT2D eigenvalue weighted by atomic mass is 19.3. The Morgan fingerprint density at radius 3 is 2.57 bits per heavy atom. The highest BCUT2D eigenvalue weighted by Gasteiger charge is 2.25. The Balaban J connectivity index is 3.35. The molecule has 0 saturated heterocycles. The lowest BCUT2D eigenvalue weighted by Gasteiger charge is -2.00. The summed E-state index contributed by atoms with van der Waals surface area (Å²) in [5, 5.41) is 10.1. The molecule has 76 valence electrons. The van der Waals surface area contributed by atoms with Gasteiger partial charge >= 0.3 is 12.2 Å². The zero-order valence-corrected chi connectivity index (χ0v) is 6.58. The van der Waals surface area contributed by atoms with Gasteiger partial charge in [-0.3, -0.25) is 0 Å². The number of hydrogen-bond acceptors (Lipinski definition) is 4. The highest BCUT2D eigenvalue weighted by Crippen LogP contribution is 2.27. The molecule has 0 aromatic carbocycles. The number of halogens is 3. The molecule has 0 atom stereocenters. The number of rotatable bonds is 2. The normalized spacial score (nSPS) is 10.6. The predicted octanol–water partition coefficient (Wildman–Crippen LogP) is 1.65. The molecule has 1 aromatic heterocycles. The maximum absolute atomic E-state index is 12.8. The molecule has 0 bridgehead atoms. The molecule has 2 N–H and O–H groups in total. The summed E-state index contributed by atoms with van der Waals surface area (Å²) in [4.78, 5) is 12.0. The van der Waals surface area contributed by atoms with Crippen LogP contribution in [0.4, 0.5) is 24.7 Å². The van der Waals surface area contributed by atoms with Crippen molar-refractivity contribution in [2.45, 2.75) is 6.43 Å². The maximum atomic E-state index is 12.8. The van der Waals surface area contributed by atoms with E-state index in [4.69, 9.17) is 5.73 Å². The molecule has 1 rings (SSSR count). The fourth-order valence-electron chi connectivity index (χ4n) is 0.789. The zero-order valence-electron chi connectivity index (χ0n) is 6.58. The molecule has 0 unspecified atom stereocenters. The predicted molar refractivity (Wildman–Crippen MR) is 40.2 cm³/mol. The van der Waals surface area contributed by atoms with Crippen molar-refractivity contribution in [2.75, 3.05) is 5.73 Å². The van der Waals surface area contributed by atoms with E-state index in [-0.39, 0.29) is 0 Å². The zero-order chi connectivity index (χ0) is 10.9. The number of pyridine rings is 1. The van der Waals surface area contributed by atoms with E-state index in [1.165, 1.54) is 0 Å². The fraction of sp³-hybridized carbons (Fsp3) is 0.167. The Kier molecular flexibility index (Phi) is 2.54. The van der Waals surface area contributed by atoms with Crippen LogP contribution in [-0.2, 0) is 0 Å². The number of alkyl halides is 2. The van der Waals surface area contributed by atoms with Crippen LogP contribution in [-0.4, -0.2) is 9.91 Å². The molecule has 14 heavy (non-hydrogen) atoms. The minimum Gasteiger partial charge on any atom is -0.393 e. The first-order chi connectivity index (χ1) is 6.43. The lowest BCUT2D eigenvalue weighted by Crippen LogP contribution is -2.04. The van der Waals surface area contributed by atoms with Gasteiger partial charge < -0.3 is 15.8 Å². The van der Waals surface area contributed by atoms with Crippen LogP contribution in [0.15, 0.2) is 6.07 Å². The van der Waals surface area contributed by atoms with Gasteiger partial charge in [-0.1, -0.05) is 0 Å². The second-order valence-corrected chi connectivity index (χ2v) is 2.32. The Morgan fingerprint density at radius 2 is 2.14 bits per heavy atom. The molecule has 0 aliphatic carbocycles. The number of nitro groups is 1. The van der Waals surface area contributed by atoms with Crippen LogP contribution < -0.4 is 5.73 Å². The summed E-state index contributed by atoms with van der Waals surface area (Å²) < 4.78 is 37.0. The van der Waals surface area contributed by atoms with Gasteiger partial charge in [0.15, 0.2) is 5.82 Å². The van der Waals surface area contributed by atoms with Gasteiger partial charge in [0.1, 0.15) is 5.69 Å². The number of aromatic nitrogens is 1. The van der Waals surface area contributed by atoms with Crippen molar-refractivity contribution in [1.82, 2.24) is 4.98 Å². The number of nitrogens with two attached hydrogens (primary N) is 1. The number of hydrogen-bond donors (Lipinski definition) is 1. The summed E-state index contributed by atoms with van der Waals surface area (Å²) in [7, 11) is 0. The molecule has 0 radical (unpaired) electrons. The van der Waals surface area contributed by atoms with Crippen LogP contribution in [0.25, 0.3) is 0 Å². The summed E-state index contributed by atoms with van der Waals surface area (Å²) in [5.41, 5.74) is 2.93. The van der Waals surface area contributed by atoms with Crippen molar-refractivity contribution in [3.8, 4) is 0 Å². The molecule has 0 amide bonds. The SMILES string of the molecule is Nc1c(F)cc([N+](=O)[O-])nc1C(F)F. The molecule has 0 aliphatic heterocycles. The van der Waals surface area contributed by atoms with E-state index in [1.54, 1.807) is 0 Å². The first kappa shape index (κ1) is 10.2. The van der Waals surface area contributed by atoms with Crippen LogP contribution >= 0.6 is 0 Å². The molecule has 0 spiro atoms. The summed E-state index contributed by atoms with van der Waals surface area (Å²) in [6.45, 7) is 0. The summed E-state index contributed by atoms with van der Waals surface area (Å²) >= 11 is 0. The average Bonchev–Trinajstić information content (AvgIpc) is 2.08. The fourth-order valence-corrected chi connectivity index (χ4v) is 0.789. The Bertz CT molecular complexity index is 383. The third-order valence-electron chi connectivity index (χ3n) is 1.42. The quantitative estimate of drug-likeness (QED) is 0.590. The van der Waals surface area contributed by atoms with E-state index < -0.39 is 34.4 Å². The second kappa shape index (κ2) is 3.48. The molecule has 8 heteroatoms. The van der Waals surface area contributed by atoms with Crippen molar-refractivity contribution in [3.05, 3.63) is 27.7 Å². The minimum atomic E-state index is -3.15. The molecular formula is C6H4F3N3O2. The van der Waals surface area contributed by atoms with Crippen molar-refractivity contribution >= 4 is 11.5 Å². The second-order valence-electron chi connectivity index (χ2n) is 2.32. The standard InChI is InChI=1S/C6H4F3N3O2/c7-2-1-3(12(13)14)11-5(4(2)10)6(8)9/h1,6H,10H2. The molecule has 0 aliphatic rings. The van der Waals surface area contributed by atoms with Crippen LogP contribution in [0.1, 0.15) is 12.1 Å². The number of anilines is 1. The smallest absolute Gasteiger partial charge is 0.367 e. The molecule has 5 nitrogen and oxygen atoms in total. The Hall–Kier alpha value is -1.86. The van der Waals surface area contributed by atoms with Gasteiger partial charge in [0.05, 0.1) is 6.07 Å². The Morgan fingerprint density at radius 1 is 1.57 bits per heavy atom. The van der Waals surface area contributed by atoms with E-state index in [0.29, 0.717) is 6.07 Å². The maximum Gasteiger partial charge on any atom is 0.367 e. The van der Waals surface area contributed by atoms with E-state index in [1.807, 2.05) is 0 Å². The van der Waals surface area contributed by atoms with Crippen LogP contribution in [0, 0.1) is 15.9 Å². The first-order valence-electron chi connectivity index (χ1n) is 3.32. The van der Waals surface area contributed by atoms with E-state index in [2.05, 4.69) is 4.98 Å². The average molecular weight is 207 g/mol. The van der Waals surface area contributed by atoms with Crippen molar-refractivity contribution in [1.29, 1.82) is 0 Å². The first-order valence-corrected chi connectivity index (χ1v) is 3.32. The van der Waals surface area contributed by atoms with Gasteiger partial charge in [-0.25, -0.2) is 13.2 Å². The van der Waals surface area contributed by atoms with E-state index in [0.717, 1.165) is 0 Å². The third kappa shape index (κ3) is 1.73. The molecule has 1 heterocycles. The van der Waals surface area contributed by atoms with Gasteiger partial charge in [0.2, 0.25) is 5.69 Å². The van der Waals surface area contributed by atoms with Gasteiger partial charge in [0, 0.05) is 0 Å². The number of nitrogen functional groups attached to an aromatic ring is 1. The van der Waals surface area contributed by atoms with Crippen LogP contribution in [0.5, 0.6) is 0 Å². The molecular weight excluding hydrogens is 203 g/mol. The molecule has 0 saturated carbocycles. The van der Waals surface area contributed by atoms with Gasteiger partial charge in [-0.2, -0.15) is 0 Å². The van der Waals surface area contributed by atoms with Crippen molar-refractivity contribution < 1.29 is 18.1 Å². The lowest BCUT2D eigenvalue weighted by molar-refractivity contribution is -0.389. The van der Waals surface area contributed by atoms with Crippen molar-refractivity contribution in [2.24, 2.45) is 0 Å². The van der Waals surface area contributed by atoms with Crippen molar-refractivity contribution in [3.63, 3.8) is 0 Å². The minimum absolute atomic E-state index is 0.390. The van der Waals surface area contributed by atoms with Crippen LogP contribution in [0.2, 0.25) is 0 Å². The Labute approximate surface area is 75.5 Å². The number of nitrogens with zero attached hydrogens (tertiary/aromatic N) is 2. The monoisotopic (exact) mass is 207 g/mol. The van der Waals surface area contributed by atoms with Gasteiger partial charge in [-0.05, 0) is 9.91 Å². The highest BCUT2D eigenvalue weighted by molar-refractivity contribution is 5.48. The van der Waals surface area contributed by atoms with Gasteiger partial charge in [-0.15, -0.1) is 0 Å².